The standard InChI is InChI=1S/C18H16N4O2/c1-12(13-7-9-14(23-2)10-8-13)24-18-16-6-4-3-5-15(16)17-20-19-11-22(17)21-18/h3-12H,1-2H3. The van der Waals surface area contributed by atoms with Gasteiger partial charge in [0.1, 0.15) is 18.2 Å². The summed E-state index contributed by atoms with van der Waals surface area (Å²) in [6.45, 7) is 1.99. The molecule has 4 aromatic rings. The van der Waals surface area contributed by atoms with Gasteiger partial charge in [-0.05, 0) is 30.7 Å². The van der Waals surface area contributed by atoms with E-state index >= 15 is 0 Å². The van der Waals surface area contributed by atoms with Gasteiger partial charge in [0.25, 0.3) is 0 Å². The molecule has 0 fully saturated rings. The van der Waals surface area contributed by atoms with E-state index in [1.54, 1.807) is 18.0 Å². The van der Waals surface area contributed by atoms with Crippen LogP contribution in [0.15, 0.2) is 54.9 Å². The van der Waals surface area contributed by atoms with E-state index in [0.29, 0.717) is 5.88 Å². The quantitative estimate of drug-likeness (QED) is 0.576. The fraction of sp³-hybridized carbons (Fsp3) is 0.167. The van der Waals surface area contributed by atoms with E-state index in [4.69, 9.17) is 9.47 Å². The second-order valence-electron chi connectivity index (χ2n) is 5.48. The zero-order valence-electron chi connectivity index (χ0n) is 13.4. The number of ether oxygens (including phenoxy) is 2. The number of nitrogens with zero attached hydrogens (tertiary/aromatic N) is 4. The van der Waals surface area contributed by atoms with Gasteiger partial charge in [0.05, 0.1) is 7.11 Å². The third kappa shape index (κ3) is 2.42. The highest BCUT2D eigenvalue weighted by Crippen LogP contribution is 2.29. The van der Waals surface area contributed by atoms with E-state index in [2.05, 4.69) is 15.3 Å². The third-order valence-electron chi connectivity index (χ3n) is 4.00. The maximum atomic E-state index is 6.14. The van der Waals surface area contributed by atoms with Crippen LogP contribution in [0, 0.1) is 0 Å². The maximum Gasteiger partial charge on any atom is 0.240 e. The average molecular weight is 320 g/mol. The first-order chi connectivity index (χ1) is 11.8. The summed E-state index contributed by atoms with van der Waals surface area (Å²) >= 11 is 0. The SMILES string of the molecule is COc1ccc(C(C)Oc2nn3cnnc3c3ccccc23)cc1. The Balaban J connectivity index is 1.74. The predicted octanol–water partition coefficient (Wildman–Crippen LogP) is 3.43. The van der Waals surface area contributed by atoms with Crippen molar-refractivity contribution >= 4 is 16.4 Å². The highest BCUT2D eigenvalue weighted by Gasteiger charge is 2.14. The summed E-state index contributed by atoms with van der Waals surface area (Å²) in [7, 11) is 1.65. The number of fused-ring (bicyclic) bond motifs is 3. The minimum atomic E-state index is -0.152. The number of benzene rings is 2. The summed E-state index contributed by atoms with van der Waals surface area (Å²) in [5.41, 5.74) is 1.76. The number of hydrogen-bond donors (Lipinski definition) is 0. The maximum absolute atomic E-state index is 6.14. The van der Waals surface area contributed by atoms with E-state index < -0.39 is 0 Å². The first-order valence-electron chi connectivity index (χ1n) is 7.65. The number of rotatable bonds is 4. The molecule has 0 aliphatic carbocycles. The minimum absolute atomic E-state index is 0.152. The van der Waals surface area contributed by atoms with Crippen LogP contribution >= 0.6 is 0 Å². The first kappa shape index (κ1) is 14.4. The second-order valence-corrected chi connectivity index (χ2v) is 5.48. The van der Waals surface area contributed by atoms with Crippen molar-refractivity contribution in [2.75, 3.05) is 7.11 Å². The Morgan fingerprint density at radius 2 is 1.75 bits per heavy atom. The lowest BCUT2D eigenvalue weighted by Crippen LogP contribution is -2.06. The molecule has 0 saturated heterocycles. The van der Waals surface area contributed by atoms with Gasteiger partial charge in [0.15, 0.2) is 5.65 Å². The lowest BCUT2D eigenvalue weighted by Gasteiger charge is -2.16. The van der Waals surface area contributed by atoms with Crippen LogP contribution in [0.4, 0.5) is 0 Å². The molecule has 24 heavy (non-hydrogen) atoms. The number of hydrogen-bond acceptors (Lipinski definition) is 5. The van der Waals surface area contributed by atoms with Gasteiger partial charge in [-0.1, -0.05) is 30.3 Å². The molecule has 0 spiro atoms. The summed E-state index contributed by atoms with van der Waals surface area (Å²) < 4.78 is 13.0. The van der Waals surface area contributed by atoms with Gasteiger partial charge in [-0.25, -0.2) is 0 Å². The van der Waals surface area contributed by atoms with Crippen LogP contribution in [0.25, 0.3) is 16.4 Å². The first-order valence-corrected chi connectivity index (χ1v) is 7.65. The van der Waals surface area contributed by atoms with Crippen molar-refractivity contribution in [3.63, 3.8) is 0 Å². The zero-order valence-corrected chi connectivity index (χ0v) is 13.4. The number of methoxy groups -OCH3 is 1. The van der Waals surface area contributed by atoms with Crippen molar-refractivity contribution in [3.05, 3.63) is 60.4 Å². The second kappa shape index (κ2) is 5.81. The molecule has 1 unspecified atom stereocenters. The lowest BCUT2D eigenvalue weighted by atomic mass is 10.1. The highest BCUT2D eigenvalue weighted by molar-refractivity contribution is 5.96. The van der Waals surface area contributed by atoms with Crippen molar-refractivity contribution < 1.29 is 9.47 Å². The molecule has 2 aromatic carbocycles. The van der Waals surface area contributed by atoms with Crippen molar-refractivity contribution in [1.29, 1.82) is 0 Å². The Hall–Kier alpha value is -3.15. The summed E-state index contributed by atoms with van der Waals surface area (Å²) in [5, 5.41) is 14.4. The van der Waals surface area contributed by atoms with Crippen LogP contribution in [0.1, 0.15) is 18.6 Å². The van der Waals surface area contributed by atoms with Gasteiger partial charge < -0.3 is 9.47 Å². The highest BCUT2D eigenvalue weighted by atomic mass is 16.5. The monoisotopic (exact) mass is 320 g/mol. The summed E-state index contributed by atoms with van der Waals surface area (Å²) in [4.78, 5) is 0. The van der Waals surface area contributed by atoms with E-state index in [9.17, 15) is 0 Å². The lowest BCUT2D eigenvalue weighted by molar-refractivity contribution is 0.217. The largest absolute Gasteiger partial charge is 0.497 e. The summed E-state index contributed by atoms with van der Waals surface area (Å²) in [6, 6.07) is 15.7. The van der Waals surface area contributed by atoms with Crippen LogP contribution in [0.3, 0.4) is 0 Å². The van der Waals surface area contributed by atoms with Gasteiger partial charge in [0, 0.05) is 10.8 Å². The van der Waals surface area contributed by atoms with Crippen molar-refractivity contribution in [1.82, 2.24) is 19.8 Å². The molecule has 0 saturated carbocycles. The summed E-state index contributed by atoms with van der Waals surface area (Å²) in [5.74, 6) is 1.38. The topological polar surface area (TPSA) is 61.5 Å². The molecule has 0 radical (unpaired) electrons. The van der Waals surface area contributed by atoms with Gasteiger partial charge in [-0.3, -0.25) is 0 Å². The molecular formula is C18H16N4O2. The molecule has 0 amide bonds. The van der Waals surface area contributed by atoms with Gasteiger partial charge in [-0.15, -0.1) is 15.3 Å². The smallest absolute Gasteiger partial charge is 0.240 e. The van der Waals surface area contributed by atoms with E-state index in [-0.39, 0.29) is 6.10 Å². The van der Waals surface area contributed by atoms with Gasteiger partial charge in [-0.2, -0.15) is 4.52 Å². The molecule has 0 aliphatic rings. The van der Waals surface area contributed by atoms with Crippen LogP contribution in [-0.4, -0.2) is 26.9 Å². The van der Waals surface area contributed by atoms with Crippen molar-refractivity contribution in [2.45, 2.75) is 13.0 Å². The van der Waals surface area contributed by atoms with E-state index in [0.717, 1.165) is 27.7 Å². The fourth-order valence-corrected chi connectivity index (χ4v) is 2.69. The molecule has 0 aliphatic heterocycles. The molecule has 6 heteroatoms. The molecule has 1 atom stereocenters. The molecule has 2 aromatic heterocycles. The van der Waals surface area contributed by atoms with Crippen LogP contribution in [0.2, 0.25) is 0 Å². The minimum Gasteiger partial charge on any atom is -0.497 e. The molecule has 0 N–H and O–H groups in total. The van der Waals surface area contributed by atoms with Crippen LogP contribution in [-0.2, 0) is 0 Å². The van der Waals surface area contributed by atoms with E-state index in [1.165, 1.54) is 0 Å². The van der Waals surface area contributed by atoms with Gasteiger partial charge >= 0.3 is 0 Å². The Morgan fingerprint density at radius 3 is 2.50 bits per heavy atom. The molecule has 6 nitrogen and oxygen atoms in total. The zero-order chi connectivity index (χ0) is 16.5. The van der Waals surface area contributed by atoms with Crippen LogP contribution < -0.4 is 9.47 Å². The molecule has 120 valence electrons. The Kier molecular flexibility index (Phi) is 3.49. The molecule has 4 rings (SSSR count). The average Bonchev–Trinajstić information content (AvgIpc) is 3.10. The molecular weight excluding hydrogens is 304 g/mol. The summed E-state index contributed by atoms with van der Waals surface area (Å²) in [6.07, 6.45) is 1.42. The Bertz CT molecular complexity index is 995. The number of aromatic nitrogens is 4. The van der Waals surface area contributed by atoms with E-state index in [1.807, 2.05) is 55.5 Å². The fourth-order valence-electron chi connectivity index (χ4n) is 2.69. The van der Waals surface area contributed by atoms with Crippen molar-refractivity contribution in [2.24, 2.45) is 0 Å². The van der Waals surface area contributed by atoms with Crippen LogP contribution in [0.5, 0.6) is 11.6 Å². The van der Waals surface area contributed by atoms with Crippen molar-refractivity contribution in [3.8, 4) is 11.6 Å². The Labute approximate surface area is 138 Å². The normalized spacial score (nSPS) is 12.4. The molecule has 0 bridgehead atoms. The molecule has 2 heterocycles. The van der Waals surface area contributed by atoms with Gasteiger partial charge in [0.2, 0.25) is 5.88 Å². The predicted molar refractivity (Wildman–Crippen MR) is 90.3 cm³/mol. The third-order valence-corrected chi connectivity index (χ3v) is 4.00. The Morgan fingerprint density at radius 1 is 1.00 bits per heavy atom.